The van der Waals surface area contributed by atoms with E-state index in [4.69, 9.17) is 0 Å². The predicted octanol–water partition coefficient (Wildman–Crippen LogP) is 1.33. The Morgan fingerprint density at radius 1 is 1.23 bits per heavy atom. The number of aromatic nitrogens is 6. The molecule has 5 rings (SSSR count). The fourth-order valence-electron chi connectivity index (χ4n) is 4.63. The van der Waals surface area contributed by atoms with Crippen molar-refractivity contribution in [3.8, 4) is 0 Å². The molecule has 1 aliphatic carbocycles. The van der Waals surface area contributed by atoms with Gasteiger partial charge in [-0.1, -0.05) is 6.92 Å². The van der Waals surface area contributed by atoms with Crippen molar-refractivity contribution >= 4 is 11.3 Å². The predicted molar refractivity (Wildman–Crippen MR) is 95.9 cm³/mol. The minimum atomic E-state index is -0.340. The minimum absolute atomic E-state index is 0.0722. The van der Waals surface area contributed by atoms with Crippen molar-refractivity contribution in [1.29, 1.82) is 0 Å². The molecule has 2 aliphatic rings. The van der Waals surface area contributed by atoms with Gasteiger partial charge in [-0.15, -0.1) is 10.2 Å². The summed E-state index contributed by atoms with van der Waals surface area (Å²) in [6.45, 7) is 4.03. The molecule has 4 atom stereocenters. The van der Waals surface area contributed by atoms with Gasteiger partial charge in [-0.25, -0.2) is 0 Å². The van der Waals surface area contributed by atoms with Gasteiger partial charge in [0.1, 0.15) is 6.33 Å². The molecule has 1 N–H and O–H groups in total. The molecular weight excluding hydrogens is 330 g/mol. The molecule has 1 aliphatic heterocycles. The Hall–Kier alpha value is -2.48. The van der Waals surface area contributed by atoms with Crippen molar-refractivity contribution < 1.29 is 5.11 Å². The lowest BCUT2D eigenvalue weighted by atomic mass is 9.77. The highest BCUT2D eigenvalue weighted by atomic mass is 16.3. The molecule has 0 radical (unpaired) electrons. The van der Waals surface area contributed by atoms with Gasteiger partial charge >= 0.3 is 0 Å². The molecule has 26 heavy (non-hydrogen) atoms. The Bertz CT molecular complexity index is 906. The smallest absolute Gasteiger partial charge is 0.200 e. The second kappa shape index (κ2) is 6.05. The van der Waals surface area contributed by atoms with Crippen LogP contribution in [0.3, 0.4) is 0 Å². The van der Waals surface area contributed by atoms with Crippen molar-refractivity contribution in [3.05, 3.63) is 36.5 Å². The maximum absolute atomic E-state index is 10.6. The van der Waals surface area contributed by atoms with Gasteiger partial charge in [0.25, 0.3) is 0 Å². The first-order chi connectivity index (χ1) is 12.7. The highest BCUT2D eigenvalue weighted by Crippen LogP contribution is 2.42. The largest absolute Gasteiger partial charge is 0.391 e. The first kappa shape index (κ1) is 15.7. The summed E-state index contributed by atoms with van der Waals surface area (Å²) in [5.74, 6) is 1.05. The van der Waals surface area contributed by atoms with Crippen LogP contribution in [-0.4, -0.2) is 53.9 Å². The van der Waals surface area contributed by atoms with Crippen molar-refractivity contribution in [3.63, 3.8) is 0 Å². The number of aryl methyl sites for hydroxylation is 1. The van der Waals surface area contributed by atoms with Gasteiger partial charge in [-0.2, -0.15) is 14.7 Å². The van der Waals surface area contributed by atoms with E-state index < -0.39 is 0 Å². The van der Waals surface area contributed by atoms with Crippen LogP contribution in [0.5, 0.6) is 0 Å². The maximum Gasteiger partial charge on any atom is 0.200 e. The van der Waals surface area contributed by atoms with E-state index in [1.54, 1.807) is 17.0 Å². The number of anilines is 1. The number of fused-ring (bicyclic) bond motifs is 2. The molecule has 4 heterocycles. The monoisotopic (exact) mass is 353 g/mol. The summed E-state index contributed by atoms with van der Waals surface area (Å²) in [4.78, 5) is 2.40. The third-order valence-electron chi connectivity index (χ3n) is 5.98. The summed E-state index contributed by atoms with van der Waals surface area (Å²) in [6.07, 6.45) is 7.72. The summed E-state index contributed by atoms with van der Waals surface area (Å²) in [7, 11) is 0. The molecule has 0 unspecified atom stereocenters. The van der Waals surface area contributed by atoms with Crippen molar-refractivity contribution in [2.75, 3.05) is 18.0 Å². The average molecular weight is 353 g/mol. The SMILES string of the molecule is CCc1cc(N2C[C@H]3C[C@@H](n4cccn4)[C@H](O)C[C@H]3C2)c2nncn2n1. The maximum atomic E-state index is 10.6. The molecule has 3 aromatic heterocycles. The average Bonchev–Trinajstić information content (AvgIpc) is 3.39. The summed E-state index contributed by atoms with van der Waals surface area (Å²) >= 11 is 0. The van der Waals surface area contributed by atoms with Crippen LogP contribution in [0.25, 0.3) is 5.65 Å². The number of aliphatic hydroxyl groups excluding tert-OH is 1. The summed E-state index contributed by atoms with van der Waals surface area (Å²) in [5, 5.41) is 27.9. The van der Waals surface area contributed by atoms with Gasteiger partial charge in [0, 0.05) is 25.5 Å². The molecule has 3 aromatic rings. The van der Waals surface area contributed by atoms with Crippen LogP contribution in [0.1, 0.15) is 31.5 Å². The summed E-state index contributed by atoms with van der Waals surface area (Å²) in [5.41, 5.74) is 2.95. The Balaban J connectivity index is 1.43. The standard InChI is InChI=1S/C18H23N7O/c1-2-14-8-16(18-21-19-11-25(18)22-14)23-9-12-6-15(24-5-3-4-20-24)17(26)7-13(12)10-23/h3-5,8,11-13,15,17,26H,2,6-7,9-10H2,1H3/t12-,13+,15-,17-/m1/s1. The van der Waals surface area contributed by atoms with Crippen LogP contribution in [0.4, 0.5) is 5.69 Å². The lowest BCUT2D eigenvalue weighted by Gasteiger charge is -2.35. The molecule has 0 spiro atoms. The highest BCUT2D eigenvalue weighted by Gasteiger charge is 2.43. The van der Waals surface area contributed by atoms with E-state index in [2.05, 4.69) is 38.3 Å². The zero-order valence-corrected chi connectivity index (χ0v) is 14.8. The third kappa shape index (κ3) is 2.47. The summed E-state index contributed by atoms with van der Waals surface area (Å²) in [6, 6.07) is 4.14. The van der Waals surface area contributed by atoms with Gasteiger partial charge in [0.15, 0.2) is 0 Å². The fourth-order valence-corrected chi connectivity index (χ4v) is 4.63. The Labute approximate surface area is 151 Å². The molecule has 0 bridgehead atoms. The second-order valence-electron chi connectivity index (χ2n) is 7.49. The molecule has 8 heteroatoms. The molecule has 1 saturated carbocycles. The second-order valence-corrected chi connectivity index (χ2v) is 7.49. The number of hydrogen-bond donors (Lipinski definition) is 1. The lowest BCUT2D eigenvalue weighted by molar-refractivity contribution is 0.0306. The number of nitrogens with zero attached hydrogens (tertiary/aromatic N) is 7. The van der Waals surface area contributed by atoms with Crippen LogP contribution in [0, 0.1) is 11.8 Å². The van der Waals surface area contributed by atoms with E-state index in [1.165, 1.54) is 0 Å². The molecular formula is C18H23N7O. The lowest BCUT2D eigenvalue weighted by Crippen LogP contribution is -2.36. The van der Waals surface area contributed by atoms with Gasteiger partial charge < -0.3 is 10.0 Å². The molecule has 0 aromatic carbocycles. The van der Waals surface area contributed by atoms with Gasteiger partial charge in [-0.3, -0.25) is 4.68 Å². The van der Waals surface area contributed by atoms with Crippen molar-refractivity contribution in [2.45, 2.75) is 38.3 Å². The normalized spacial score (nSPS) is 28.6. The zero-order chi connectivity index (χ0) is 17.7. The van der Waals surface area contributed by atoms with E-state index in [-0.39, 0.29) is 12.1 Å². The van der Waals surface area contributed by atoms with Crippen molar-refractivity contribution in [1.82, 2.24) is 29.6 Å². The van der Waals surface area contributed by atoms with E-state index in [0.717, 1.165) is 49.4 Å². The Kier molecular flexibility index (Phi) is 3.66. The first-order valence-electron chi connectivity index (χ1n) is 9.35. The summed E-state index contributed by atoms with van der Waals surface area (Å²) < 4.78 is 3.69. The number of aliphatic hydroxyl groups is 1. The molecule has 1 saturated heterocycles. The van der Waals surface area contributed by atoms with Crippen LogP contribution in [-0.2, 0) is 6.42 Å². The molecule has 8 nitrogen and oxygen atoms in total. The van der Waals surface area contributed by atoms with Crippen LogP contribution < -0.4 is 4.90 Å². The number of hydrogen-bond acceptors (Lipinski definition) is 6. The van der Waals surface area contributed by atoms with Gasteiger partial charge in [0.2, 0.25) is 5.65 Å². The quantitative estimate of drug-likeness (QED) is 0.765. The Morgan fingerprint density at radius 3 is 2.85 bits per heavy atom. The number of rotatable bonds is 3. The van der Waals surface area contributed by atoms with E-state index >= 15 is 0 Å². The van der Waals surface area contributed by atoms with Gasteiger partial charge in [-0.05, 0) is 43.2 Å². The Morgan fingerprint density at radius 2 is 2.08 bits per heavy atom. The fraction of sp³-hybridized carbons (Fsp3) is 0.556. The topological polar surface area (TPSA) is 84.4 Å². The third-order valence-corrected chi connectivity index (χ3v) is 5.98. The van der Waals surface area contributed by atoms with E-state index in [0.29, 0.717) is 11.8 Å². The van der Waals surface area contributed by atoms with Crippen LogP contribution >= 0.6 is 0 Å². The zero-order valence-electron chi connectivity index (χ0n) is 14.8. The van der Waals surface area contributed by atoms with E-state index in [1.807, 2.05) is 16.9 Å². The van der Waals surface area contributed by atoms with Crippen LogP contribution in [0.2, 0.25) is 0 Å². The molecule has 136 valence electrons. The molecule has 2 fully saturated rings. The van der Waals surface area contributed by atoms with Gasteiger partial charge in [0.05, 0.1) is 23.5 Å². The first-order valence-corrected chi connectivity index (χ1v) is 9.35. The van der Waals surface area contributed by atoms with Crippen LogP contribution in [0.15, 0.2) is 30.9 Å². The minimum Gasteiger partial charge on any atom is -0.391 e. The molecule has 0 amide bonds. The highest BCUT2D eigenvalue weighted by molar-refractivity contribution is 5.68. The van der Waals surface area contributed by atoms with E-state index in [9.17, 15) is 5.11 Å². The van der Waals surface area contributed by atoms with Crippen molar-refractivity contribution in [2.24, 2.45) is 11.8 Å².